The molecule has 1 amide bonds. The van der Waals surface area contributed by atoms with Gasteiger partial charge in [-0.3, -0.25) is 4.79 Å². The molecule has 0 radical (unpaired) electrons. The number of nitrogens with zero attached hydrogens (tertiary/aromatic N) is 3. The number of hydrogen-bond donors (Lipinski definition) is 1. The molecule has 0 aliphatic heterocycles. The van der Waals surface area contributed by atoms with E-state index in [0.717, 1.165) is 10.0 Å². The number of nitrogens with one attached hydrogen (secondary N) is 1. The average Bonchev–Trinajstić information content (AvgIpc) is 2.32. The third-order valence-corrected chi connectivity index (χ3v) is 3.35. The molecule has 0 unspecified atom stereocenters. The molecule has 0 spiro atoms. The second kappa shape index (κ2) is 5.63. The van der Waals surface area contributed by atoms with Gasteiger partial charge in [0.15, 0.2) is 0 Å². The normalized spacial score (nSPS) is 10.3. The number of anilines is 1. The summed E-state index contributed by atoms with van der Waals surface area (Å²) < 4.78 is 0.881. The molecule has 7 heteroatoms. The first-order valence-electron chi connectivity index (χ1n) is 5.40. The molecule has 0 fully saturated rings. The molecule has 0 saturated heterocycles. The van der Waals surface area contributed by atoms with Gasteiger partial charge in [-0.25, -0.2) is 15.0 Å². The number of carbonyl (C=O) groups excluding carboxylic acids is 1. The number of aromatic nitrogens is 3. The lowest BCUT2D eigenvalue weighted by molar-refractivity contribution is 0.102. The quantitative estimate of drug-likeness (QED) is 0.852. The van der Waals surface area contributed by atoms with Crippen LogP contribution in [0.25, 0.3) is 0 Å². The summed E-state index contributed by atoms with van der Waals surface area (Å²) in [6, 6.07) is 3.32. The molecule has 2 aromatic heterocycles. The summed E-state index contributed by atoms with van der Waals surface area (Å²) in [5.41, 5.74) is 1.81. The second-order valence-corrected chi connectivity index (χ2v) is 5.13. The Balaban J connectivity index is 2.22. The van der Waals surface area contributed by atoms with E-state index in [1.54, 1.807) is 25.3 Å². The fourth-order valence-corrected chi connectivity index (χ4v) is 1.88. The number of hydrogen-bond acceptors (Lipinski definition) is 4. The predicted molar refractivity (Wildman–Crippen MR) is 76.4 cm³/mol. The average molecular weight is 342 g/mol. The maximum atomic E-state index is 12.0. The minimum absolute atomic E-state index is 0.0464. The van der Waals surface area contributed by atoms with Gasteiger partial charge in [-0.05, 0) is 59.1 Å². The van der Waals surface area contributed by atoms with Crippen molar-refractivity contribution >= 4 is 39.3 Å². The summed E-state index contributed by atoms with van der Waals surface area (Å²) in [6.07, 6.45) is 1.63. The number of carbonyl (C=O) groups is 1. The van der Waals surface area contributed by atoms with E-state index in [9.17, 15) is 4.79 Å². The minimum Gasteiger partial charge on any atom is -0.305 e. The number of pyridine rings is 1. The van der Waals surface area contributed by atoms with E-state index in [0.29, 0.717) is 11.5 Å². The lowest BCUT2D eigenvalue weighted by Gasteiger charge is -2.06. The monoisotopic (exact) mass is 340 g/mol. The third kappa shape index (κ3) is 3.48. The lowest BCUT2D eigenvalue weighted by Crippen LogP contribution is -2.15. The maximum Gasteiger partial charge on any atom is 0.275 e. The zero-order chi connectivity index (χ0) is 14.0. The first-order chi connectivity index (χ1) is 8.95. The van der Waals surface area contributed by atoms with Gasteiger partial charge in [-0.15, -0.1) is 0 Å². The van der Waals surface area contributed by atoms with Gasteiger partial charge < -0.3 is 5.32 Å². The smallest absolute Gasteiger partial charge is 0.275 e. The second-order valence-electron chi connectivity index (χ2n) is 3.94. The molecule has 19 heavy (non-hydrogen) atoms. The summed E-state index contributed by atoms with van der Waals surface area (Å²) in [6.45, 7) is 3.65. The Morgan fingerprint density at radius 1 is 1.32 bits per heavy atom. The zero-order valence-electron chi connectivity index (χ0n) is 10.2. The SMILES string of the molecule is Cc1cc(C(=O)Nc2cc(C)c(Br)cn2)nc(Cl)n1. The van der Waals surface area contributed by atoms with E-state index >= 15 is 0 Å². The number of rotatable bonds is 2. The van der Waals surface area contributed by atoms with Crippen molar-refractivity contribution < 1.29 is 4.79 Å². The van der Waals surface area contributed by atoms with Crippen molar-refractivity contribution in [2.75, 3.05) is 5.32 Å². The molecule has 1 N–H and O–H groups in total. The van der Waals surface area contributed by atoms with Crippen molar-refractivity contribution in [1.82, 2.24) is 15.0 Å². The molecular weight excluding hydrogens is 332 g/mol. The van der Waals surface area contributed by atoms with E-state index < -0.39 is 0 Å². The molecule has 0 bridgehead atoms. The van der Waals surface area contributed by atoms with Crippen molar-refractivity contribution in [3.63, 3.8) is 0 Å². The first kappa shape index (κ1) is 13.9. The van der Waals surface area contributed by atoms with Crippen LogP contribution in [0.3, 0.4) is 0 Å². The summed E-state index contributed by atoms with van der Waals surface area (Å²) in [5.74, 6) is 0.0831. The fraction of sp³-hybridized carbons (Fsp3) is 0.167. The fourth-order valence-electron chi connectivity index (χ4n) is 1.44. The van der Waals surface area contributed by atoms with E-state index in [2.05, 4.69) is 36.2 Å². The summed E-state index contributed by atoms with van der Waals surface area (Å²) >= 11 is 9.07. The Hall–Kier alpha value is -1.53. The Morgan fingerprint density at radius 3 is 2.68 bits per heavy atom. The van der Waals surface area contributed by atoms with Crippen molar-refractivity contribution in [3.05, 3.63) is 45.0 Å². The van der Waals surface area contributed by atoms with Gasteiger partial charge in [-0.1, -0.05) is 0 Å². The highest BCUT2D eigenvalue weighted by Gasteiger charge is 2.11. The molecular formula is C12H10BrClN4O. The van der Waals surface area contributed by atoms with Gasteiger partial charge in [0.25, 0.3) is 5.91 Å². The van der Waals surface area contributed by atoms with Crippen LogP contribution in [0.5, 0.6) is 0 Å². The maximum absolute atomic E-state index is 12.0. The predicted octanol–water partition coefficient (Wildman–Crippen LogP) is 3.16. The molecule has 5 nitrogen and oxygen atoms in total. The molecule has 2 heterocycles. The highest BCUT2D eigenvalue weighted by atomic mass is 79.9. The summed E-state index contributed by atoms with van der Waals surface area (Å²) in [7, 11) is 0. The highest BCUT2D eigenvalue weighted by molar-refractivity contribution is 9.10. The molecule has 98 valence electrons. The van der Waals surface area contributed by atoms with Crippen LogP contribution in [0.2, 0.25) is 5.28 Å². The number of amides is 1. The molecule has 0 saturated carbocycles. The number of halogens is 2. The van der Waals surface area contributed by atoms with Gasteiger partial charge in [0.2, 0.25) is 5.28 Å². The zero-order valence-corrected chi connectivity index (χ0v) is 12.6. The molecule has 2 aromatic rings. The van der Waals surface area contributed by atoms with Crippen LogP contribution in [0.1, 0.15) is 21.7 Å². The van der Waals surface area contributed by atoms with Crippen molar-refractivity contribution in [2.24, 2.45) is 0 Å². The Bertz CT molecular complexity index is 627. The topological polar surface area (TPSA) is 67.8 Å². The van der Waals surface area contributed by atoms with E-state index in [1.807, 2.05) is 6.92 Å². The Labute approximate surface area is 123 Å². The van der Waals surface area contributed by atoms with E-state index in [1.165, 1.54) is 0 Å². The molecule has 0 aliphatic rings. The van der Waals surface area contributed by atoms with Crippen LogP contribution in [0, 0.1) is 13.8 Å². The molecule has 0 aromatic carbocycles. The Morgan fingerprint density at radius 2 is 2.05 bits per heavy atom. The lowest BCUT2D eigenvalue weighted by atomic mass is 10.3. The largest absolute Gasteiger partial charge is 0.305 e. The van der Waals surface area contributed by atoms with Crippen LogP contribution in [0.15, 0.2) is 22.8 Å². The molecule has 2 rings (SSSR count). The first-order valence-corrected chi connectivity index (χ1v) is 6.57. The third-order valence-electron chi connectivity index (χ3n) is 2.35. The van der Waals surface area contributed by atoms with Crippen LogP contribution in [-0.4, -0.2) is 20.9 Å². The van der Waals surface area contributed by atoms with Gasteiger partial charge in [0, 0.05) is 16.4 Å². The van der Waals surface area contributed by atoms with Crippen LogP contribution in [-0.2, 0) is 0 Å². The van der Waals surface area contributed by atoms with E-state index in [-0.39, 0.29) is 16.9 Å². The molecule has 0 atom stereocenters. The van der Waals surface area contributed by atoms with Crippen LogP contribution >= 0.6 is 27.5 Å². The van der Waals surface area contributed by atoms with Gasteiger partial charge in [-0.2, -0.15) is 0 Å². The minimum atomic E-state index is -0.373. The van der Waals surface area contributed by atoms with Crippen LogP contribution in [0.4, 0.5) is 5.82 Å². The molecule has 0 aliphatic carbocycles. The van der Waals surface area contributed by atoms with Gasteiger partial charge in [0.1, 0.15) is 11.5 Å². The summed E-state index contributed by atoms with van der Waals surface area (Å²) in [5, 5.41) is 2.71. The van der Waals surface area contributed by atoms with Crippen molar-refractivity contribution in [1.29, 1.82) is 0 Å². The van der Waals surface area contributed by atoms with E-state index in [4.69, 9.17) is 11.6 Å². The van der Waals surface area contributed by atoms with Gasteiger partial charge >= 0.3 is 0 Å². The van der Waals surface area contributed by atoms with Crippen molar-refractivity contribution in [3.8, 4) is 0 Å². The summed E-state index contributed by atoms with van der Waals surface area (Å²) in [4.78, 5) is 23.9. The number of aryl methyl sites for hydroxylation is 2. The van der Waals surface area contributed by atoms with Gasteiger partial charge in [0.05, 0.1) is 0 Å². The standard InChI is InChI=1S/C12H10BrClN4O/c1-6-3-10(15-5-8(6)13)18-11(19)9-4-7(2)16-12(14)17-9/h3-5H,1-2H3,(H,15,18,19). The Kier molecular flexibility index (Phi) is 4.11. The highest BCUT2D eigenvalue weighted by Crippen LogP contribution is 2.17. The van der Waals surface area contributed by atoms with Crippen LogP contribution < -0.4 is 5.32 Å². The van der Waals surface area contributed by atoms with Crippen molar-refractivity contribution in [2.45, 2.75) is 13.8 Å².